The summed E-state index contributed by atoms with van der Waals surface area (Å²) in [7, 11) is 0. The summed E-state index contributed by atoms with van der Waals surface area (Å²) in [4.78, 5) is 47.6. The molecule has 0 saturated heterocycles. The lowest BCUT2D eigenvalue weighted by molar-refractivity contribution is -0.140. The zero-order valence-corrected chi connectivity index (χ0v) is 19.6. The number of carbonyl (C=O) groups excluding carboxylic acids is 3. The summed E-state index contributed by atoms with van der Waals surface area (Å²) in [6.45, 7) is 1.77. The minimum atomic E-state index is -4.63. The number of anilines is 1. The molecule has 0 aromatic carbocycles. The maximum absolute atomic E-state index is 13.2. The molecule has 0 fully saturated rings. The van der Waals surface area contributed by atoms with E-state index in [1.54, 1.807) is 6.92 Å². The number of alkyl halides is 4. The highest BCUT2D eigenvalue weighted by Crippen LogP contribution is 2.38. The largest absolute Gasteiger partial charge is 0.434 e. The molecule has 35 heavy (non-hydrogen) atoms. The van der Waals surface area contributed by atoms with Crippen LogP contribution in [0.1, 0.15) is 23.0 Å². The van der Waals surface area contributed by atoms with Gasteiger partial charge in [-0.3, -0.25) is 19.9 Å². The molecule has 3 N–H and O–H groups in total. The molecule has 9 nitrogen and oxygen atoms in total. The van der Waals surface area contributed by atoms with Crippen LogP contribution in [-0.4, -0.2) is 51.6 Å². The van der Waals surface area contributed by atoms with Gasteiger partial charge in [-0.15, -0.1) is 22.9 Å². The van der Waals surface area contributed by atoms with E-state index >= 15 is 0 Å². The smallest absolute Gasteiger partial charge is 0.348 e. The summed E-state index contributed by atoms with van der Waals surface area (Å²) in [5.41, 5.74) is 0.0458. The molecule has 0 saturated carbocycles. The van der Waals surface area contributed by atoms with Crippen LogP contribution >= 0.6 is 22.9 Å². The Morgan fingerprint density at radius 2 is 1.86 bits per heavy atom. The van der Waals surface area contributed by atoms with Crippen molar-refractivity contribution >= 4 is 46.5 Å². The van der Waals surface area contributed by atoms with Gasteiger partial charge in [0.25, 0.3) is 0 Å². The number of hydrogen-bond donors (Lipinski definition) is 3. The van der Waals surface area contributed by atoms with Crippen LogP contribution in [0.15, 0.2) is 36.1 Å². The predicted octanol–water partition coefficient (Wildman–Crippen LogP) is 3.97. The minimum absolute atomic E-state index is 0.0276. The van der Waals surface area contributed by atoms with E-state index in [0.29, 0.717) is 17.7 Å². The van der Waals surface area contributed by atoms with Crippen LogP contribution in [0.2, 0.25) is 0 Å². The van der Waals surface area contributed by atoms with Gasteiger partial charge in [-0.05, 0) is 19.1 Å². The van der Waals surface area contributed by atoms with Gasteiger partial charge in [0.2, 0.25) is 5.91 Å². The lowest BCUT2D eigenvalue weighted by atomic mass is 10.0. The van der Waals surface area contributed by atoms with Crippen LogP contribution in [0, 0.1) is 0 Å². The van der Waals surface area contributed by atoms with Gasteiger partial charge in [0.1, 0.15) is 16.7 Å². The quantitative estimate of drug-likeness (QED) is 0.301. The third kappa shape index (κ3) is 6.73. The van der Waals surface area contributed by atoms with E-state index < -0.39 is 29.6 Å². The van der Waals surface area contributed by atoms with E-state index in [1.165, 1.54) is 30.7 Å². The Kier molecular flexibility index (Phi) is 8.35. The Bertz CT molecular complexity index is 1250. The van der Waals surface area contributed by atoms with Crippen molar-refractivity contribution in [1.82, 2.24) is 25.6 Å². The average molecular weight is 527 g/mol. The Balaban J connectivity index is 2.02. The Labute approximate surface area is 206 Å². The SMILES string of the molecule is CCNC(=O)Nc1cc(-c2nc(C(F)(F)F)cs2)c(-c2cncc(C(=O)CNC(=O)CCl)c2)cn1. The standard InChI is InChI=1S/C21H18ClF3N6O3S/c1-2-27-20(34)31-17-4-13(19-30-16(10-35-19)21(23,24)25)14(8-28-17)11-3-12(7-26-6-11)15(32)9-29-18(33)5-22/h3-4,6-8,10H,2,5,9H2,1H3,(H,29,33)(H2,27,28,31,34). The third-order valence-corrected chi connectivity index (χ3v) is 5.56. The number of pyridine rings is 2. The Morgan fingerprint density at radius 1 is 1.09 bits per heavy atom. The van der Waals surface area contributed by atoms with E-state index in [4.69, 9.17) is 11.6 Å². The minimum Gasteiger partial charge on any atom is -0.348 e. The molecule has 184 valence electrons. The zero-order chi connectivity index (χ0) is 25.6. The van der Waals surface area contributed by atoms with Crippen molar-refractivity contribution in [3.63, 3.8) is 0 Å². The second-order valence-corrected chi connectivity index (χ2v) is 8.06. The molecule has 0 aliphatic heterocycles. The van der Waals surface area contributed by atoms with Crippen molar-refractivity contribution in [2.45, 2.75) is 13.1 Å². The highest BCUT2D eigenvalue weighted by atomic mass is 35.5. The summed E-state index contributed by atoms with van der Waals surface area (Å²) >= 11 is 6.17. The number of nitrogens with zero attached hydrogens (tertiary/aromatic N) is 3. The molecule has 3 aromatic heterocycles. The molecule has 0 aliphatic rings. The van der Waals surface area contributed by atoms with E-state index in [0.717, 1.165) is 16.7 Å². The molecular formula is C21H18ClF3N6O3S. The first-order chi connectivity index (χ1) is 16.6. The van der Waals surface area contributed by atoms with Gasteiger partial charge >= 0.3 is 12.2 Å². The normalized spacial score (nSPS) is 11.1. The highest BCUT2D eigenvalue weighted by molar-refractivity contribution is 7.13. The number of Topliss-reactive ketones (excluding diaryl/α,β-unsaturated/α-hetero) is 1. The number of halogens is 4. The third-order valence-electron chi connectivity index (χ3n) is 4.45. The predicted molar refractivity (Wildman–Crippen MR) is 124 cm³/mol. The first-order valence-electron chi connectivity index (χ1n) is 10.0. The van der Waals surface area contributed by atoms with E-state index in [9.17, 15) is 27.6 Å². The van der Waals surface area contributed by atoms with Gasteiger partial charge in [0.05, 0.1) is 6.54 Å². The van der Waals surface area contributed by atoms with Crippen LogP contribution in [0.4, 0.5) is 23.8 Å². The fourth-order valence-electron chi connectivity index (χ4n) is 2.85. The fourth-order valence-corrected chi connectivity index (χ4v) is 3.80. The van der Waals surface area contributed by atoms with Gasteiger partial charge in [-0.1, -0.05) is 0 Å². The molecule has 3 rings (SSSR count). The Hall–Kier alpha value is -3.58. The molecule has 0 aliphatic carbocycles. The summed E-state index contributed by atoms with van der Waals surface area (Å²) < 4.78 is 39.5. The van der Waals surface area contributed by atoms with Crippen LogP contribution < -0.4 is 16.0 Å². The van der Waals surface area contributed by atoms with Gasteiger partial charge in [0, 0.05) is 52.8 Å². The van der Waals surface area contributed by atoms with E-state index in [-0.39, 0.29) is 34.4 Å². The summed E-state index contributed by atoms with van der Waals surface area (Å²) in [5.74, 6) is -1.18. The van der Waals surface area contributed by atoms with E-state index in [1.807, 2.05) is 0 Å². The lowest BCUT2D eigenvalue weighted by Gasteiger charge is -2.12. The summed E-state index contributed by atoms with van der Waals surface area (Å²) in [6.07, 6.45) is -0.594. The van der Waals surface area contributed by atoms with Gasteiger partial charge < -0.3 is 10.6 Å². The first-order valence-corrected chi connectivity index (χ1v) is 11.4. The molecule has 0 unspecified atom stereocenters. The van der Waals surface area contributed by atoms with E-state index in [2.05, 4.69) is 30.9 Å². The summed E-state index contributed by atoms with van der Waals surface area (Å²) in [5, 5.41) is 8.30. The fraction of sp³-hybridized carbons (Fsp3) is 0.238. The number of hydrogen-bond acceptors (Lipinski definition) is 7. The number of rotatable bonds is 8. The van der Waals surface area contributed by atoms with Crippen molar-refractivity contribution in [3.05, 3.63) is 47.4 Å². The highest BCUT2D eigenvalue weighted by Gasteiger charge is 2.34. The van der Waals surface area contributed by atoms with Crippen molar-refractivity contribution in [3.8, 4) is 21.7 Å². The number of aromatic nitrogens is 3. The van der Waals surface area contributed by atoms with Gasteiger partial charge in [-0.2, -0.15) is 13.2 Å². The zero-order valence-electron chi connectivity index (χ0n) is 18.1. The first kappa shape index (κ1) is 26.0. The van der Waals surface area contributed by atoms with Crippen molar-refractivity contribution in [2.24, 2.45) is 0 Å². The Morgan fingerprint density at radius 3 is 2.51 bits per heavy atom. The number of thiazole rings is 1. The maximum Gasteiger partial charge on any atom is 0.434 e. The monoisotopic (exact) mass is 526 g/mol. The number of urea groups is 1. The molecule has 0 spiro atoms. The molecule has 14 heteroatoms. The second kappa shape index (κ2) is 11.2. The van der Waals surface area contributed by atoms with Crippen LogP contribution in [0.3, 0.4) is 0 Å². The molecule has 3 heterocycles. The number of amides is 3. The number of carbonyl (C=O) groups is 3. The summed E-state index contributed by atoms with van der Waals surface area (Å²) in [6, 6.07) is 2.32. The second-order valence-electron chi connectivity index (χ2n) is 6.93. The van der Waals surface area contributed by atoms with Gasteiger partial charge in [-0.25, -0.2) is 14.8 Å². The maximum atomic E-state index is 13.2. The average Bonchev–Trinajstić information content (AvgIpc) is 3.33. The van der Waals surface area contributed by atoms with Crippen molar-refractivity contribution in [2.75, 3.05) is 24.3 Å². The molecule has 3 aromatic rings. The van der Waals surface area contributed by atoms with Crippen molar-refractivity contribution in [1.29, 1.82) is 0 Å². The molecule has 0 radical (unpaired) electrons. The topological polar surface area (TPSA) is 126 Å². The molecule has 0 bridgehead atoms. The van der Waals surface area contributed by atoms with Crippen LogP contribution in [0.25, 0.3) is 21.7 Å². The lowest BCUT2D eigenvalue weighted by Crippen LogP contribution is -2.30. The molecular weight excluding hydrogens is 509 g/mol. The van der Waals surface area contributed by atoms with Crippen LogP contribution in [0.5, 0.6) is 0 Å². The molecule has 0 atom stereocenters. The molecule has 3 amide bonds. The van der Waals surface area contributed by atoms with Crippen LogP contribution in [-0.2, 0) is 11.0 Å². The van der Waals surface area contributed by atoms with Crippen molar-refractivity contribution < 1.29 is 27.6 Å². The number of nitrogens with one attached hydrogen (secondary N) is 3. The van der Waals surface area contributed by atoms with Gasteiger partial charge in [0.15, 0.2) is 11.5 Å². The number of ketones is 1.